The number of carbonyl (C=O) groups is 1. The van der Waals surface area contributed by atoms with Crippen molar-refractivity contribution in [1.29, 1.82) is 0 Å². The number of benzene rings is 1. The quantitative estimate of drug-likeness (QED) is 0.910. The fourth-order valence-corrected chi connectivity index (χ4v) is 2.90. The van der Waals surface area contributed by atoms with Gasteiger partial charge >= 0.3 is 0 Å². The second kappa shape index (κ2) is 6.95. The largest absolute Gasteiger partial charge is 0.486 e. The van der Waals surface area contributed by atoms with Crippen molar-refractivity contribution in [3.05, 3.63) is 41.2 Å². The zero-order chi connectivity index (χ0) is 17.1. The first-order chi connectivity index (χ1) is 11.5. The maximum absolute atomic E-state index is 12.1. The highest BCUT2D eigenvalue weighted by Crippen LogP contribution is 2.30. The van der Waals surface area contributed by atoms with Crippen molar-refractivity contribution in [2.24, 2.45) is 7.05 Å². The Morgan fingerprint density at radius 1 is 1.33 bits per heavy atom. The highest BCUT2D eigenvalue weighted by atomic mass is 16.6. The molecule has 6 nitrogen and oxygen atoms in total. The molecule has 1 aromatic carbocycles. The van der Waals surface area contributed by atoms with Crippen LogP contribution in [0.1, 0.15) is 23.4 Å². The first-order valence-electron chi connectivity index (χ1n) is 8.19. The smallest absolute Gasteiger partial charge is 0.220 e. The van der Waals surface area contributed by atoms with Crippen LogP contribution in [0.4, 0.5) is 0 Å². The summed E-state index contributed by atoms with van der Waals surface area (Å²) in [5.41, 5.74) is 3.25. The molecule has 0 bridgehead atoms. The van der Waals surface area contributed by atoms with Gasteiger partial charge in [-0.05, 0) is 38.0 Å². The Morgan fingerprint density at radius 3 is 2.79 bits per heavy atom. The number of hydrogen-bond donors (Lipinski definition) is 1. The Morgan fingerprint density at radius 2 is 2.08 bits per heavy atom. The van der Waals surface area contributed by atoms with Gasteiger partial charge in [0.2, 0.25) is 5.91 Å². The number of nitrogens with one attached hydrogen (secondary N) is 1. The normalized spacial score (nSPS) is 16.0. The topological polar surface area (TPSA) is 65.4 Å². The van der Waals surface area contributed by atoms with Crippen LogP contribution in [0, 0.1) is 13.8 Å². The monoisotopic (exact) mass is 329 g/mol. The summed E-state index contributed by atoms with van der Waals surface area (Å²) >= 11 is 0. The number of ether oxygens (including phenoxy) is 2. The maximum atomic E-state index is 12.1. The molecule has 1 aliphatic rings. The van der Waals surface area contributed by atoms with Crippen molar-refractivity contribution in [3.8, 4) is 11.5 Å². The molecule has 0 saturated heterocycles. The second-order valence-corrected chi connectivity index (χ2v) is 6.07. The number of nitrogens with zero attached hydrogens (tertiary/aromatic N) is 2. The number of amides is 1. The third-order valence-corrected chi connectivity index (χ3v) is 4.36. The van der Waals surface area contributed by atoms with Crippen molar-refractivity contribution in [2.45, 2.75) is 32.8 Å². The van der Waals surface area contributed by atoms with Gasteiger partial charge in [-0.25, -0.2) is 0 Å². The van der Waals surface area contributed by atoms with E-state index in [4.69, 9.17) is 9.47 Å². The molecule has 1 amide bonds. The van der Waals surface area contributed by atoms with Crippen LogP contribution < -0.4 is 14.8 Å². The van der Waals surface area contributed by atoms with Crippen LogP contribution in [0.15, 0.2) is 24.3 Å². The average molecular weight is 329 g/mol. The van der Waals surface area contributed by atoms with Crippen molar-refractivity contribution in [1.82, 2.24) is 15.1 Å². The number of carbonyl (C=O) groups excluding carboxylic acids is 1. The van der Waals surface area contributed by atoms with Crippen LogP contribution in [-0.4, -0.2) is 34.9 Å². The summed E-state index contributed by atoms with van der Waals surface area (Å²) in [7, 11) is 1.92. The molecular weight excluding hydrogens is 306 g/mol. The Bertz CT molecular complexity index is 739. The van der Waals surface area contributed by atoms with E-state index in [1.807, 2.05) is 49.8 Å². The molecule has 24 heavy (non-hydrogen) atoms. The number of aromatic nitrogens is 2. The molecular formula is C18H23N3O3. The number of fused-ring (bicyclic) bond motifs is 1. The van der Waals surface area contributed by atoms with E-state index in [9.17, 15) is 4.79 Å². The second-order valence-electron chi connectivity index (χ2n) is 6.07. The van der Waals surface area contributed by atoms with E-state index in [-0.39, 0.29) is 12.0 Å². The molecule has 1 aliphatic heterocycles. The lowest BCUT2D eigenvalue weighted by atomic mass is 10.1. The molecule has 0 saturated carbocycles. The van der Waals surface area contributed by atoms with Gasteiger partial charge in [-0.2, -0.15) is 5.10 Å². The lowest BCUT2D eigenvalue weighted by Gasteiger charge is -2.26. The lowest BCUT2D eigenvalue weighted by molar-refractivity contribution is -0.121. The highest BCUT2D eigenvalue weighted by Gasteiger charge is 2.21. The molecule has 1 atom stereocenters. The van der Waals surface area contributed by atoms with E-state index in [1.54, 1.807) is 0 Å². The predicted octanol–water partition coefficient (Wildman–Crippen LogP) is 1.93. The van der Waals surface area contributed by atoms with E-state index in [0.717, 1.165) is 28.5 Å². The van der Waals surface area contributed by atoms with Gasteiger partial charge in [-0.15, -0.1) is 0 Å². The zero-order valence-corrected chi connectivity index (χ0v) is 14.3. The number of hydrogen-bond acceptors (Lipinski definition) is 4. The molecule has 1 aromatic heterocycles. The van der Waals surface area contributed by atoms with Gasteiger partial charge in [0.05, 0.1) is 12.2 Å². The molecule has 6 heteroatoms. The molecule has 0 unspecified atom stereocenters. The Hall–Kier alpha value is -2.50. The first kappa shape index (κ1) is 16.4. The van der Waals surface area contributed by atoms with Crippen molar-refractivity contribution in [2.75, 3.05) is 13.2 Å². The van der Waals surface area contributed by atoms with Crippen LogP contribution in [0.2, 0.25) is 0 Å². The Balaban J connectivity index is 1.46. The summed E-state index contributed by atoms with van der Waals surface area (Å²) in [5, 5.41) is 7.31. The first-order valence-corrected chi connectivity index (χ1v) is 8.19. The predicted molar refractivity (Wildman–Crippen MR) is 90.4 cm³/mol. The van der Waals surface area contributed by atoms with Gasteiger partial charge in [0.1, 0.15) is 12.7 Å². The Labute approximate surface area is 141 Å². The summed E-state index contributed by atoms with van der Waals surface area (Å²) in [6.45, 7) is 4.89. The zero-order valence-electron chi connectivity index (χ0n) is 14.3. The van der Waals surface area contributed by atoms with E-state index < -0.39 is 0 Å². The van der Waals surface area contributed by atoms with Crippen LogP contribution in [0.5, 0.6) is 11.5 Å². The van der Waals surface area contributed by atoms with E-state index >= 15 is 0 Å². The van der Waals surface area contributed by atoms with Gasteiger partial charge in [0, 0.05) is 19.2 Å². The molecule has 0 aliphatic carbocycles. The molecule has 3 rings (SSSR count). The summed E-state index contributed by atoms with van der Waals surface area (Å²) in [4.78, 5) is 12.1. The summed E-state index contributed by atoms with van der Waals surface area (Å²) in [5.74, 6) is 1.49. The van der Waals surface area contributed by atoms with Gasteiger partial charge in [0.15, 0.2) is 11.5 Å². The van der Waals surface area contributed by atoms with Crippen molar-refractivity contribution in [3.63, 3.8) is 0 Å². The lowest BCUT2D eigenvalue weighted by Crippen LogP contribution is -2.40. The van der Waals surface area contributed by atoms with E-state index in [1.165, 1.54) is 0 Å². The highest BCUT2D eigenvalue weighted by molar-refractivity contribution is 5.76. The third kappa shape index (κ3) is 3.53. The fourth-order valence-electron chi connectivity index (χ4n) is 2.90. The third-order valence-electron chi connectivity index (χ3n) is 4.36. The Kier molecular flexibility index (Phi) is 4.74. The number of para-hydroxylation sites is 2. The maximum Gasteiger partial charge on any atom is 0.220 e. The fraction of sp³-hybridized carbons (Fsp3) is 0.444. The van der Waals surface area contributed by atoms with Crippen LogP contribution >= 0.6 is 0 Å². The number of rotatable bonds is 5. The SMILES string of the molecule is Cc1nn(C)c(C)c1CCC(=O)NC[C@@H]1COc2ccccc2O1. The van der Waals surface area contributed by atoms with Crippen molar-refractivity contribution < 1.29 is 14.3 Å². The molecule has 0 radical (unpaired) electrons. The molecule has 128 valence electrons. The van der Waals surface area contributed by atoms with Crippen LogP contribution in [0.25, 0.3) is 0 Å². The van der Waals surface area contributed by atoms with E-state index in [0.29, 0.717) is 26.0 Å². The number of aryl methyl sites for hydroxylation is 2. The van der Waals surface area contributed by atoms with Gasteiger partial charge in [-0.3, -0.25) is 9.48 Å². The molecule has 2 heterocycles. The van der Waals surface area contributed by atoms with Gasteiger partial charge in [-0.1, -0.05) is 12.1 Å². The van der Waals surface area contributed by atoms with Crippen LogP contribution in [-0.2, 0) is 18.3 Å². The standard InChI is InChI=1S/C18H23N3O3/c1-12-15(13(2)21(3)20-12)8-9-18(22)19-10-14-11-23-16-6-4-5-7-17(16)24-14/h4-7,14H,8-11H2,1-3H3,(H,19,22)/t14-/m1/s1. The molecule has 1 N–H and O–H groups in total. The summed E-state index contributed by atoms with van der Waals surface area (Å²) in [6, 6.07) is 7.56. The molecule has 0 fully saturated rings. The minimum atomic E-state index is -0.161. The van der Waals surface area contributed by atoms with E-state index in [2.05, 4.69) is 10.4 Å². The summed E-state index contributed by atoms with van der Waals surface area (Å²) < 4.78 is 13.3. The van der Waals surface area contributed by atoms with Crippen LogP contribution in [0.3, 0.4) is 0 Å². The minimum Gasteiger partial charge on any atom is -0.486 e. The van der Waals surface area contributed by atoms with Crippen molar-refractivity contribution >= 4 is 5.91 Å². The van der Waals surface area contributed by atoms with Gasteiger partial charge < -0.3 is 14.8 Å². The molecule has 2 aromatic rings. The molecule has 0 spiro atoms. The average Bonchev–Trinajstić information content (AvgIpc) is 2.83. The minimum absolute atomic E-state index is 0.0140. The summed E-state index contributed by atoms with van der Waals surface area (Å²) in [6.07, 6.45) is 0.977. The van der Waals surface area contributed by atoms with Gasteiger partial charge in [0.25, 0.3) is 0 Å².